The summed E-state index contributed by atoms with van der Waals surface area (Å²) in [5.41, 5.74) is 1.45. The second-order valence-electron chi connectivity index (χ2n) is 8.22. The SMILES string of the molecule is CC(=O)OC[C@H]1O[C@@H](c2cccc3c2c2ccccc2n3S(=O)(=O)c2ccccc2)[C@@H](O)[C@@H]1O. The Balaban J connectivity index is 1.70. The van der Waals surface area contributed by atoms with Crippen molar-refractivity contribution < 1.29 is 32.9 Å². The van der Waals surface area contributed by atoms with E-state index in [-0.39, 0.29) is 11.5 Å². The van der Waals surface area contributed by atoms with Crippen LogP contribution in [0, 0.1) is 0 Å². The molecule has 176 valence electrons. The van der Waals surface area contributed by atoms with E-state index >= 15 is 0 Å². The summed E-state index contributed by atoms with van der Waals surface area (Å²) in [7, 11) is -3.94. The number of benzene rings is 3. The molecule has 0 radical (unpaired) electrons. The van der Waals surface area contributed by atoms with E-state index in [0.717, 1.165) is 0 Å². The largest absolute Gasteiger partial charge is 0.463 e. The van der Waals surface area contributed by atoms with Gasteiger partial charge in [0.05, 0.1) is 15.9 Å². The minimum Gasteiger partial charge on any atom is -0.463 e. The molecule has 1 aromatic heterocycles. The summed E-state index contributed by atoms with van der Waals surface area (Å²) in [6, 6.07) is 20.4. The van der Waals surface area contributed by atoms with Crippen molar-refractivity contribution in [2.75, 3.05) is 6.61 Å². The van der Waals surface area contributed by atoms with Gasteiger partial charge in [-0.25, -0.2) is 12.4 Å². The fourth-order valence-electron chi connectivity index (χ4n) is 4.55. The number of nitrogens with zero attached hydrogens (tertiary/aromatic N) is 1. The molecule has 0 saturated carbocycles. The van der Waals surface area contributed by atoms with Crippen molar-refractivity contribution in [3.63, 3.8) is 0 Å². The van der Waals surface area contributed by atoms with Crippen molar-refractivity contribution in [3.05, 3.63) is 78.4 Å². The van der Waals surface area contributed by atoms with Crippen LogP contribution in [-0.4, -0.2) is 53.5 Å². The topological polar surface area (TPSA) is 115 Å². The summed E-state index contributed by atoms with van der Waals surface area (Å²) >= 11 is 0. The lowest BCUT2D eigenvalue weighted by Gasteiger charge is -2.17. The molecule has 1 aliphatic heterocycles. The third-order valence-corrected chi connectivity index (χ3v) is 7.83. The van der Waals surface area contributed by atoms with Gasteiger partial charge in [0.25, 0.3) is 10.0 Å². The Morgan fingerprint density at radius 3 is 2.35 bits per heavy atom. The van der Waals surface area contributed by atoms with Gasteiger partial charge in [-0.15, -0.1) is 0 Å². The predicted molar refractivity (Wildman–Crippen MR) is 125 cm³/mol. The van der Waals surface area contributed by atoms with Gasteiger partial charge in [0.15, 0.2) is 0 Å². The number of aromatic nitrogens is 1. The van der Waals surface area contributed by atoms with Gasteiger partial charge in [0.1, 0.15) is 31.0 Å². The predicted octanol–water partition coefficient (Wildman–Crippen LogP) is 2.76. The first-order valence-electron chi connectivity index (χ1n) is 10.8. The average molecular weight is 482 g/mol. The van der Waals surface area contributed by atoms with Crippen LogP contribution in [-0.2, 0) is 24.3 Å². The molecule has 4 aromatic rings. The summed E-state index contributed by atoms with van der Waals surface area (Å²) in [6.45, 7) is 1.04. The normalized spacial score (nSPS) is 22.9. The van der Waals surface area contributed by atoms with Crippen molar-refractivity contribution in [2.45, 2.75) is 36.2 Å². The lowest BCUT2D eigenvalue weighted by atomic mass is 9.97. The molecule has 0 aliphatic carbocycles. The summed E-state index contributed by atoms with van der Waals surface area (Å²) in [5, 5.41) is 22.6. The number of hydrogen-bond acceptors (Lipinski definition) is 7. The van der Waals surface area contributed by atoms with Gasteiger partial charge in [0.2, 0.25) is 0 Å². The second kappa shape index (κ2) is 8.52. The number of aliphatic hydroxyl groups excluding tert-OH is 2. The molecule has 0 bridgehead atoms. The fraction of sp³-hybridized carbons (Fsp3) is 0.240. The smallest absolute Gasteiger partial charge is 0.302 e. The van der Waals surface area contributed by atoms with Crippen LogP contribution in [0.4, 0.5) is 0 Å². The first-order valence-corrected chi connectivity index (χ1v) is 12.2. The van der Waals surface area contributed by atoms with Gasteiger partial charge in [-0.3, -0.25) is 4.79 Å². The molecular formula is C25H23NO7S. The number of rotatable bonds is 5. The Morgan fingerprint density at radius 1 is 0.941 bits per heavy atom. The third kappa shape index (κ3) is 3.57. The minimum absolute atomic E-state index is 0.150. The lowest BCUT2D eigenvalue weighted by molar-refractivity contribution is -0.146. The third-order valence-electron chi connectivity index (χ3n) is 6.09. The van der Waals surface area contributed by atoms with Gasteiger partial charge in [-0.1, -0.05) is 48.5 Å². The van der Waals surface area contributed by atoms with E-state index in [1.165, 1.54) is 10.9 Å². The Kier molecular flexibility index (Phi) is 5.65. The molecule has 2 N–H and O–H groups in total. The van der Waals surface area contributed by atoms with E-state index in [2.05, 4.69) is 0 Å². The second-order valence-corrected chi connectivity index (χ2v) is 10.0. The van der Waals surface area contributed by atoms with Crippen LogP contribution >= 0.6 is 0 Å². The van der Waals surface area contributed by atoms with Crippen LogP contribution in [0.5, 0.6) is 0 Å². The molecule has 1 fully saturated rings. The molecule has 34 heavy (non-hydrogen) atoms. The molecule has 1 saturated heterocycles. The standard InChI is InChI=1S/C25H23NO7S/c1-15(27)32-14-21-23(28)24(29)25(33-21)18-11-7-13-20-22(18)17-10-5-6-12-19(17)26(20)34(30,31)16-8-3-2-4-9-16/h2-13,21,23-25,28-29H,14H2,1H3/t21-,23-,24+,25+/m1/s1. The van der Waals surface area contributed by atoms with Crippen LogP contribution in [0.1, 0.15) is 18.6 Å². The number of carbonyl (C=O) groups is 1. The zero-order chi connectivity index (χ0) is 24.0. The maximum Gasteiger partial charge on any atom is 0.302 e. The molecule has 0 amide bonds. The molecule has 9 heteroatoms. The minimum atomic E-state index is -3.94. The van der Waals surface area contributed by atoms with E-state index in [9.17, 15) is 23.4 Å². The molecule has 0 spiro atoms. The molecule has 8 nitrogen and oxygen atoms in total. The van der Waals surface area contributed by atoms with Crippen molar-refractivity contribution in [1.29, 1.82) is 0 Å². The van der Waals surface area contributed by atoms with E-state index < -0.39 is 40.4 Å². The summed E-state index contributed by atoms with van der Waals surface area (Å²) in [6.07, 6.45) is -4.43. The van der Waals surface area contributed by atoms with Gasteiger partial charge < -0.3 is 19.7 Å². The van der Waals surface area contributed by atoms with Crippen LogP contribution in [0.3, 0.4) is 0 Å². The number of ether oxygens (including phenoxy) is 2. The molecule has 5 rings (SSSR count). The van der Waals surface area contributed by atoms with Crippen LogP contribution in [0.25, 0.3) is 21.8 Å². The van der Waals surface area contributed by atoms with Crippen LogP contribution in [0.15, 0.2) is 77.7 Å². The fourth-order valence-corrected chi connectivity index (χ4v) is 6.09. The average Bonchev–Trinajstić information content (AvgIpc) is 3.33. The van der Waals surface area contributed by atoms with Crippen molar-refractivity contribution in [1.82, 2.24) is 3.97 Å². The van der Waals surface area contributed by atoms with Gasteiger partial charge >= 0.3 is 5.97 Å². The van der Waals surface area contributed by atoms with E-state index in [0.29, 0.717) is 27.4 Å². The number of hydrogen-bond donors (Lipinski definition) is 2. The molecule has 0 unspecified atom stereocenters. The molecular weight excluding hydrogens is 458 g/mol. The number of fused-ring (bicyclic) bond motifs is 3. The Labute approximate surface area is 196 Å². The zero-order valence-electron chi connectivity index (χ0n) is 18.2. The lowest BCUT2D eigenvalue weighted by Crippen LogP contribution is -2.33. The Bertz CT molecular complexity index is 1480. The zero-order valence-corrected chi connectivity index (χ0v) is 19.1. The van der Waals surface area contributed by atoms with Crippen LogP contribution in [0.2, 0.25) is 0 Å². The summed E-state index contributed by atoms with van der Waals surface area (Å²) in [5.74, 6) is -0.523. The highest BCUT2D eigenvalue weighted by atomic mass is 32.2. The van der Waals surface area contributed by atoms with E-state index in [4.69, 9.17) is 9.47 Å². The van der Waals surface area contributed by atoms with E-state index in [1.807, 2.05) is 12.1 Å². The van der Waals surface area contributed by atoms with Crippen molar-refractivity contribution in [3.8, 4) is 0 Å². The number of esters is 1. The monoisotopic (exact) mass is 481 g/mol. The summed E-state index contributed by atoms with van der Waals surface area (Å²) in [4.78, 5) is 11.3. The highest BCUT2D eigenvalue weighted by molar-refractivity contribution is 7.90. The Morgan fingerprint density at radius 2 is 1.62 bits per heavy atom. The van der Waals surface area contributed by atoms with Crippen molar-refractivity contribution >= 4 is 37.8 Å². The van der Waals surface area contributed by atoms with E-state index in [1.54, 1.807) is 60.7 Å². The Hall–Kier alpha value is -3.24. The maximum absolute atomic E-state index is 13.7. The van der Waals surface area contributed by atoms with Gasteiger partial charge in [-0.05, 0) is 29.8 Å². The molecule has 1 aliphatic rings. The molecule has 4 atom stereocenters. The number of para-hydroxylation sites is 1. The number of carbonyl (C=O) groups excluding carboxylic acids is 1. The molecule has 3 aromatic carbocycles. The quantitative estimate of drug-likeness (QED) is 0.421. The highest BCUT2D eigenvalue weighted by Crippen LogP contribution is 2.41. The van der Waals surface area contributed by atoms with Gasteiger partial charge in [0, 0.05) is 17.7 Å². The first-order chi connectivity index (χ1) is 16.3. The van der Waals surface area contributed by atoms with Gasteiger partial charge in [-0.2, -0.15) is 0 Å². The maximum atomic E-state index is 13.7. The number of aliphatic hydroxyl groups is 2. The highest BCUT2D eigenvalue weighted by Gasteiger charge is 2.44. The first kappa shape index (κ1) is 22.5. The van der Waals surface area contributed by atoms with Crippen molar-refractivity contribution in [2.24, 2.45) is 0 Å². The molecule has 2 heterocycles. The van der Waals surface area contributed by atoms with Crippen LogP contribution < -0.4 is 0 Å². The summed E-state index contributed by atoms with van der Waals surface area (Å²) < 4.78 is 39.5.